The van der Waals surface area contributed by atoms with E-state index < -0.39 is 0 Å². The molecule has 0 fully saturated rings. The Morgan fingerprint density at radius 1 is 1.00 bits per heavy atom. The van der Waals surface area contributed by atoms with Crippen LogP contribution in [-0.2, 0) is 6.54 Å². The van der Waals surface area contributed by atoms with Gasteiger partial charge in [0.1, 0.15) is 5.75 Å². The Balaban J connectivity index is 1.92. The van der Waals surface area contributed by atoms with E-state index >= 15 is 0 Å². The molecule has 0 atom stereocenters. The topological polar surface area (TPSA) is 29.5 Å². The number of rotatable bonds is 5. The third kappa shape index (κ3) is 2.95. The summed E-state index contributed by atoms with van der Waals surface area (Å²) < 4.78 is 5.32. The number of carbonyl (C=O) groups is 1. The Bertz CT molecular complexity index is 698. The minimum atomic E-state index is 0.0141. The number of benzene rings is 2. The smallest absolute Gasteiger partial charge is 0.197 e. The number of hydrogen-bond donors (Lipinski definition) is 0. The van der Waals surface area contributed by atoms with Gasteiger partial charge in [0.25, 0.3) is 0 Å². The number of para-hydroxylation sites is 1. The van der Waals surface area contributed by atoms with Gasteiger partial charge in [-0.05, 0) is 17.7 Å². The largest absolute Gasteiger partial charge is 0.496 e. The van der Waals surface area contributed by atoms with Crippen molar-refractivity contribution in [2.24, 2.45) is 0 Å². The fourth-order valence-corrected chi connectivity index (χ4v) is 2.75. The summed E-state index contributed by atoms with van der Waals surface area (Å²) in [5.41, 5.74) is 2.41. The molecule has 0 saturated carbocycles. The van der Waals surface area contributed by atoms with Crippen molar-refractivity contribution in [1.82, 2.24) is 4.90 Å². The molecule has 3 rings (SSSR count). The minimum Gasteiger partial charge on any atom is -0.496 e. The summed E-state index contributed by atoms with van der Waals surface area (Å²) in [7, 11) is 1.59. The molecular formula is C19H19NO2. The lowest BCUT2D eigenvalue weighted by molar-refractivity contribution is 0.103. The monoisotopic (exact) mass is 293 g/mol. The van der Waals surface area contributed by atoms with E-state index in [1.54, 1.807) is 7.11 Å². The predicted octanol–water partition coefficient (Wildman–Crippen LogP) is 3.30. The van der Waals surface area contributed by atoms with Crippen LogP contribution in [0.25, 0.3) is 0 Å². The lowest BCUT2D eigenvalue weighted by atomic mass is 9.97. The first-order valence-electron chi connectivity index (χ1n) is 7.42. The third-order valence-corrected chi connectivity index (χ3v) is 3.90. The Morgan fingerprint density at radius 3 is 2.36 bits per heavy atom. The highest BCUT2D eigenvalue weighted by molar-refractivity contribution is 6.11. The van der Waals surface area contributed by atoms with Gasteiger partial charge in [0.15, 0.2) is 5.78 Å². The molecule has 112 valence electrons. The molecular weight excluding hydrogens is 274 g/mol. The number of methoxy groups -OCH3 is 1. The molecule has 0 unspecified atom stereocenters. The first-order valence-corrected chi connectivity index (χ1v) is 7.42. The van der Waals surface area contributed by atoms with Crippen LogP contribution in [0, 0.1) is 0 Å². The molecule has 3 nitrogen and oxygen atoms in total. The van der Waals surface area contributed by atoms with E-state index in [1.807, 2.05) is 48.5 Å². The Labute approximate surface area is 130 Å². The number of nitrogens with zero attached hydrogens (tertiary/aromatic N) is 1. The van der Waals surface area contributed by atoms with Crippen molar-refractivity contribution >= 4 is 5.78 Å². The van der Waals surface area contributed by atoms with Crippen LogP contribution in [-0.4, -0.2) is 30.9 Å². The normalized spacial score (nSPS) is 14.2. The Morgan fingerprint density at radius 2 is 1.64 bits per heavy atom. The minimum absolute atomic E-state index is 0.0141. The molecule has 0 N–H and O–H groups in total. The van der Waals surface area contributed by atoms with E-state index in [4.69, 9.17) is 4.74 Å². The molecule has 0 saturated heterocycles. The van der Waals surface area contributed by atoms with Crippen LogP contribution in [0.5, 0.6) is 5.75 Å². The second kappa shape index (κ2) is 6.58. The fraction of sp³-hybridized carbons (Fsp3) is 0.211. The second-order valence-electron chi connectivity index (χ2n) is 5.35. The Hall–Kier alpha value is -2.39. The highest BCUT2D eigenvalue weighted by atomic mass is 16.5. The number of ether oxygens (including phenoxy) is 1. The van der Waals surface area contributed by atoms with Crippen LogP contribution >= 0.6 is 0 Å². The zero-order valence-electron chi connectivity index (χ0n) is 12.7. The molecule has 22 heavy (non-hydrogen) atoms. The molecule has 0 bridgehead atoms. The van der Waals surface area contributed by atoms with Crippen molar-refractivity contribution < 1.29 is 9.53 Å². The lowest BCUT2D eigenvalue weighted by Gasteiger charge is -2.17. The van der Waals surface area contributed by atoms with Gasteiger partial charge in [-0.3, -0.25) is 9.69 Å². The first kappa shape index (κ1) is 14.5. The zero-order chi connectivity index (χ0) is 15.4. The summed E-state index contributed by atoms with van der Waals surface area (Å²) in [6, 6.07) is 15.2. The number of carbonyl (C=O) groups excluding carboxylic acids is 1. The summed E-state index contributed by atoms with van der Waals surface area (Å²) >= 11 is 0. The van der Waals surface area contributed by atoms with Crippen LogP contribution in [0.4, 0.5) is 0 Å². The van der Waals surface area contributed by atoms with Gasteiger partial charge in [0.05, 0.1) is 12.7 Å². The number of ketones is 1. The predicted molar refractivity (Wildman–Crippen MR) is 87.3 cm³/mol. The number of hydrogen-bond acceptors (Lipinski definition) is 3. The molecule has 1 aliphatic heterocycles. The average molecular weight is 293 g/mol. The van der Waals surface area contributed by atoms with Crippen LogP contribution in [0.3, 0.4) is 0 Å². The van der Waals surface area contributed by atoms with Gasteiger partial charge < -0.3 is 4.74 Å². The maximum atomic E-state index is 12.9. The van der Waals surface area contributed by atoms with E-state index in [0.29, 0.717) is 11.3 Å². The summed E-state index contributed by atoms with van der Waals surface area (Å²) in [5.74, 6) is 0.630. The quantitative estimate of drug-likeness (QED) is 0.626. The lowest BCUT2D eigenvalue weighted by Crippen LogP contribution is -2.21. The van der Waals surface area contributed by atoms with Crippen molar-refractivity contribution in [2.45, 2.75) is 6.54 Å². The van der Waals surface area contributed by atoms with E-state index in [2.05, 4.69) is 17.1 Å². The van der Waals surface area contributed by atoms with Gasteiger partial charge in [0, 0.05) is 25.2 Å². The molecule has 0 radical (unpaired) electrons. The molecule has 2 aromatic rings. The average Bonchev–Trinajstić information content (AvgIpc) is 3.08. The van der Waals surface area contributed by atoms with Crippen molar-refractivity contribution in [3.8, 4) is 5.75 Å². The van der Waals surface area contributed by atoms with Crippen molar-refractivity contribution in [3.63, 3.8) is 0 Å². The fourth-order valence-electron chi connectivity index (χ4n) is 2.75. The molecule has 3 heteroatoms. The molecule has 0 aliphatic carbocycles. The van der Waals surface area contributed by atoms with E-state index in [0.717, 1.165) is 30.8 Å². The maximum absolute atomic E-state index is 12.9. The maximum Gasteiger partial charge on any atom is 0.197 e. The van der Waals surface area contributed by atoms with Gasteiger partial charge >= 0.3 is 0 Å². The summed E-state index contributed by atoms with van der Waals surface area (Å²) in [4.78, 5) is 15.2. The second-order valence-corrected chi connectivity index (χ2v) is 5.35. The zero-order valence-corrected chi connectivity index (χ0v) is 12.7. The SMILES string of the molecule is COc1ccccc1C(=O)c1ccccc1CN1CC=CC1. The van der Waals surface area contributed by atoms with E-state index in [1.165, 1.54) is 0 Å². The standard InChI is InChI=1S/C19H19NO2/c1-22-18-11-5-4-10-17(18)19(21)16-9-3-2-8-15(16)14-20-12-6-7-13-20/h2-11H,12-14H2,1H3. The first-order chi connectivity index (χ1) is 10.8. The van der Waals surface area contributed by atoms with Crippen molar-refractivity contribution in [1.29, 1.82) is 0 Å². The highest BCUT2D eigenvalue weighted by Gasteiger charge is 2.18. The molecule has 2 aromatic carbocycles. The molecule has 1 heterocycles. The molecule has 1 aliphatic rings. The molecule has 0 aromatic heterocycles. The van der Waals surface area contributed by atoms with Gasteiger partial charge in [-0.1, -0.05) is 48.6 Å². The van der Waals surface area contributed by atoms with E-state index in [-0.39, 0.29) is 5.78 Å². The van der Waals surface area contributed by atoms with Crippen LogP contribution in [0.15, 0.2) is 60.7 Å². The molecule has 0 amide bonds. The van der Waals surface area contributed by atoms with Crippen molar-refractivity contribution in [3.05, 3.63) is 77.4 Å². The van der Waals surface area contributed by atoms with E-state index in [9.17, 15) is 4.79 Å². The van der Waals surface area contributed by atoms with Gasteiger partial charge in [-0.15, -0.1) is 0 Å². The van der Waals surface area contributed by atoms with Gasteiger partial charge in [0.2, 0.25) is 0 Å². The van der Waals surface area contributed by atoms with Crippen LogP contribution in [0.1, 0.15) is 21.5 Å². The van der Waals surface area contributed by atoms with Gasteiger partial charge in [-0.2, -0.15) is 0 Å². The highest BCUT2D eigenvalue weighted by Crippen LogP contribution is 2.23. The van der Waals surface area contributed by atoms with Gasteiger partial charge in [-0.25, -0.2) is 0 Å². The van der Waals surface area contributed by atoms with Crippen molar-refractivity contribution in [2.75, 3.05) is 20.2 Å². The summed E-state index contributed by atoms with van der Waals surface area (Å²) in [6.45, 7) is 2.67. The summed E-state index contributed by atoms with van der Waals surface area (Å²) in [6.07, 6.45) is 4.31. The van der Waals surface area contributed by atoms with Crippen LogP contribution in [0.2, 0.25) is 0 Å². The molecule has 0 spiro atoms. The van der Waals surface area contributed by atoms with Crippen LogP contribution < -0.4 is 4.74 Å². The summed E-state index contributed by atoms with van der Waals surface area (Å²) in [5, 5.41) is 0. The Kier molecular flexibility index (Phi) is 4.35. The third-order valence-electron chi connectivity index (χ3n) is 3.90.